The lowest BCUT2D eigenvalue weighted by molar-refractivity contribution is -0.121. The number of aryl methyl sites for hydroxylation is 8. The second kappa shape index (κ2) is 23.1. The van der Waals surface area contributed by atoms with Gasteiger partial charge >= 0.3 is 0 Å². The van der Waals surface area contributed by atoms with E-state index in [9.17, 15) is 49.2 Å². The molecule has 4 aromatic carbocycles. The average Bonchev–Trinajstić information content (AvgIpc) is 4.38. The van der Waals surface area contributed by atoms with Crippen molar-refractivity contribution in [2.45, 2.75) is 133 Å². The predicted molar refractivity (Wildman–Crippen MR) is 306 cm³/mol. The quantitative estimate of drug-likeness (QED) is 0.0420. The molecule has 0 saturated carbocycles. The molecular formula is C63H70N6O10. The summed E-state index contributed by atoms with van der Waals surface area (Å²) in [5.74, 6) is -4.30. The first kappa shape index (κ1) is 56.5. The van der Waals surface area contributed by atoms with E-state index in [-0.39, 0.29) is 46.8 Å². The molecule has 8 rings (SSSR count). The third-order valence-corrected chi connectivity index (χ3v) is 15.2. The van der Waals surface area contributed by atoms with Crippen molar-refractivity contribution in [3.05, 3.63) is 152 Å². The number of imide groups is 2. The lowest BCUT2D eigenvalue weighted by Gasteiger charge is -2.28. The van der Waals surface area contributed by atoms with E-state index in [2.05, 4.69) is 0 Å². The topological polar surface area (TPSA) is 206 Å². The number of benzene rings is 4. The monoisotopic (exact) mass is 1070 g/mol. The Bertz CT molecular complexity index is 3170. The van der Waals surface area contributed by atoms with Crippen molar-refractivity contribution in [2.75, 3.05) is 26.3 Å². The number of carbonyl (C=O) groups is 6. The highest BCUT2D eigenvalue weighted by molar-refractivity contribution is 6.29. The Kier molecular flexibility index (Phi) is 16.6. The van der Waals surface area contributed by atoms with Crippen LogP contribution in [0, 0.1) is 0 Å². The van der Waals surface area contributed by atoms with Gasteiger partial charge in [-0.3, -0.25) is 38.6 Å². The van der Waals surface area contributed by atoms with Crippen LogP contribution in [-0.2, 0) is 93.0 Å². The summed E-state index contributed by atoms with van der Waals surface area (Å²) < 4.78 is 2.59. The summed E-state index contributed by atoms with van der Waals surface area (Å²) in [6, 6.07) is 18.7. The van der Waals surface area contributed by atoms with Crippen molar-refractivity contribution >= 4 is 58.2 Å². The first-order valence-electron chi connectivity index (χ1n) is 27.3. The third kappa shape index (κ3) is 10.5. The minimum Gasteiger partial charge on any atom is -0.494 e. The van der Waals surface area contributed by atoms with Crippen LogP contribution in [0.3, 0.4) is 0 Å². The van der Waals surface area contributed by atoms with Crippen molar-refractivity contribution < 1.29 is 49.2 Å². The van der Waals surface area contributed by atoms with Crippen LogP contribution in [0.1, 0.15) is 136 Å². The highest BCUT2D eigenvalue weighted by Gasteiger charge is 2.34. The Morgan fingerprint density at radius 3 is 0.823 bits per heavy atom. The minimum atomic E-state index is -0.596. The molecule has 0 radical (unpaired) electrons. The molecule has 2 aromatic heterocycles. The molecule has 4 heterocycles. The normalized spacial score (nSPS) is 13.2. The zero-order valence-electron chi connectivity index (χ0n) is 46.8. The van der Waals surface area contributed by atoms with Gasteiger partial charge in [0, 0.05) is 50.3 Å². The molecule has 2 aliphatic rings. The van der Waals surface area contributed by atoms with Crippen molar-refractivity contribution in [3.63, 3.8) is 0 Å². The number of carbonyl (C=O) groups excluding carboxylic acids is 6. The molecule has 0 aliphatic carbocycles. The maximum absolute atomic E-state index is 13.7. The molecule has 4 N–H and O–H groups in total. The van der Waals surface area contributed by atoms with E-state index < -0.39 is 30.2 Å². The molecule has 16 nitrogen and oxygen atoms in total. The molecule has 79 heavy (non-hydrogen) atoms. The van der Waals surface area contributed by atoms with Gasteiger partial charge in [0.1, 0.15) is 18.0 Å². The summed E-state index contributed by atoms with van der Waals surface area (Å²) in [6.07, 6.45) is 10.6. The summed E-state index contributed by atoms with van der Waals surface area (Å²) in [5, 5.41) is 47.8. The number of amides is 6. The molecule has 6 aromatic rings. The zero-order chi connectivity index (χ0) is 57.3. The molecule has 0 spiro atoms. The molecular weight excluding hydrogens is 1000 g/mol. The first-order chi connectivity index (χ1) is 37.8. The Hall–Kier alpha value is -8.66. The van der Waals surface area contributed by atoms with Gasteiger partial charge in [0.25, 0.3) is 23.6 Å². The number of aromatic nitrogens is 2. The van der Waals surface area contributed by atoms with Gasteiger partial charge in [-0.2, -0.15) is 0 Å². The summed E-state index contributed by atoms with van der Waals surface area (Å²) in [4.78, 5) is 83.2. The molecule has 0 atom stereocenters. The Morgan fingerprint density at radius 1 is 0.380 bits per heavy atom. The largest absolute Gasteiger partial charge is 0.494 e. The Labute approximate surface area is 461 Å². The zero-order valence-corrected chi connectivity index (χ0v) is 46.8. The van der Waals surface area contributed by atoms with Crippen molar-refractivity contribution in [3.8, 4) is 34.9 Å². The van der Waals surface area contributed by atoms with E-state index in [4.69, 9.17) is 0 Å². The number of hydrogen-bond donors (Lipinski definition) is 4. The highest BCUT2D eigenvalue weighted by atomic mass is 16.3. The standard InChI is InChI=1S/C63H70N6O10/c1-11-42-25-38(26-43(12-2)58(42)66-52(72)19-20-53(66)73)23-40-29-46(15-5)60(47(16-6)30-40)68-56(76)33-50(62(68)78)64(36(9)70)35-65(37(10)71)51-34-57(77)69(63(51)79)61-48(17-7)31-41(32-49(61)18-8)24-39-27-44(13-3)59(45(14-4)28-39)67-54(74)21-22-55(67)75/h19-22,25-34,76-79H,11-18,23-24,35H2,1-10H3. The van der Waals surface area contributed by atoms with E-state index in [0.717, 1.165) is 76.6 Å². The van der Waals surface area contributed by atoms with E-state index in [0.29, 0.717) is 87.0 Å². The van der Waals surface area contributed by atoms with Crippen LogP contribution in [0.15, 0.2) is 85.0 Å². The average molecular weight is 1070 g/mol. The molecule has 412 valence electrons. The fourth-order valence-electron chi connectivity index (χ4n) is 11.4. The Balaban J connectivity index is 1.11. The molecule has 0 saturated heterocycles. The van der Waals surface area contributed by atoms with Crippen LogP contribution in [0.5, 0.6) is 23.5 Å². The molecule has 0 unspecified atom stereocenters. The Morgan fingerprint density at radius 2 is 0.608 bits per heavy atom. The molecule has 16 heteroatoms. The van der Waals surface area contributed by atoms with Gasteiger partial charge < -0.3 is 20.4 Å². The number of hydrogen-bond acceptors (Lipinski definition) is 10. The fourth-order valence-corrected chi connectivity index (χ4v) is 11.4. The fraction of sp³-hybridized carbons (Fsp3) is 0.333. The van der Waals surface area contributed by atoms with Gasteiger partial charge in [-0.15, -0.1) is 0 Å². The van der Waals surface area contributed by atoms with Gasteiger partial charge in [-0.1, -0.05) is 104 Å². The molecule has 0 fully saturated rings. The van der Waals surface area contributed by atoms with Crippen LogP contribution in [0.25, 0.3) is 11.4 Å². The van der Waals surface area contributed by atoms with Crippen LogP contribution < -0.4 is 19.6 Å². The SMILES string of the molecule is CCc1cc(Cc2cc(CC)c(-n3c(O)cc(N(CN(C(C)=O)c4cc(O)n(-c5c(CC)cc(Cc6cc(CC)c(N7C(=O)C=CC7=O)c(CC)c6)cc5CC)c4O)C(C)=O)c3O)c(CC)c2)cc(CC)c1N1C(=O)C=CC1=O. The van der Waals surface area contributed by atoms with Crippen molar-refractivity contribution in [1.29, 1.82) is 0 Å². The van der Waals surface area contributed by atoms with Crippen molar-refractivity contribution in [1.82, 2.24) is 9.13 Å². The van der Waals surface area contributed by atoms with Crippen LogP contribution in [0.2, 0.25) is 0 Å². The van der Waals surface area contributed by atoms with Crippen molar-refractivity contribution in [2.24, 2.45) is 0 Å². The number of rotatable bonds is 20. The van der Waals surface area contributed by atoms with Crippen LogP contribution >= 0.6 is 0 Å². The third-order valence-electron chi connectivity index (χ3n) is 15.2. The second-order valence-electron chi connectivity index (χ2n) is 20.1. The predicted octanol–water partition coefficient (Wildman–Crippen LogP) is 9.99. The number of nitrogens with zero attached hydrogens (tertiary/aromatic N) is 6. The van der Waals surface area contributed by atoms with Gasteiger partial charge in [-0.25, -0.2) is 18.9 Å². The molecule has 0 bridgehead atoms. The smallest absolute Gasteiger partial charge is 0.258 e. The lowest BCUT2D eigenvalue weighted by Crippen LogP contribution is -2.43. The van der Waals surface area contributed by atoms with E-state index in [1.165, 1.54) is 69.2 Å². The van der Waals surface area contributed by atoms with Gasteiger partial charge in [0.05, 0.1) is 22.7 Å². The summed E-state index contributed by atoms with van der Waals surface area (Å²) >= 11 is 0. The number of anilines is 4. The number of aromatic hydroxyl groups is 4. The van der Waals surface area contributed by atoms with Gasteiger partial charge in [0.15, 0.2) is 0 Å². The maximum atomic E-state index is 13.7. The molecule has 2 aliphatic heterocycles. The highest BCUT2D eigenvalue weighted by Crippen LogP contribution is 2.45. The van der Waals surface area contributed by atoms with Gasteiger partial charge in [0.2, 0.25) is 35.3 Å². The summed E-state index contributed by atoms with van der Waals surface area (Å²) in [7, 11) is 0. The second-order valence-corrected chi connectivity index (χ2v) is 20.1. The van der Waals surface area contributed by atoms with Crippen LogP contribution in [-0.4, -0.2) is 71.7 Å². The maximum Gasteiger partial charge on any atom is 0.258 e. The summed E-state index contributed by atoms with van der Waals surface area (Å²) in [6.45, 7) is 17.8. The summed E-state index contributed by atoms with van der Waals surface area (Å²) in [5.41, 5.74) is 12.8. The van der Waals surface area contributed by atoms with E-state index in [1.54, 1.807) is 0 Å². The molecule has 6 amide bonds. The van der Waals surface area contributed by atoms with E-state index in [1.807, 2.05) is 104 Å². The lowest BCUT2D eigenvalue weighted by atomic mass is 9.92. The van der Waals surface area contributed by atoms with E-state index >= 15 is 0 Å². The minimum absolute atomic E-state index is 0.101. The van der Waals surface area contributed by atoms with Crippen LogP contribution in [0.4, 0.5) is 22.7 Å². The first-order valence-corrected chi connectivity index (χ1v) is 27.3. The van der Waals surface area contributed by atoms with Gasteiger partial charge in [-0.05, 0) is 131 Å².